The summed E-state index contributed by atoms with van der Waals surface area (Å²) in [5.41, 5.74) is 7.44. The van der Waals surface area contributed by atoms with Crippen molar-refractivity contribution in [1.82, 2.24) is 19.9 Å². The van der Waals surface area contributed by atoms with E-state index in [-0.39, 0.29) is 11.9 Å². The Morgan fingerprint density at radius 1 is 1.18 bits per heavy atom. The van der Waals surface area contributed by atoms with E-state index in [1.807, 2.05) is 24.4 Å². The fourth-order valence-electron chi connectivity index (χ4n) is 3.96. The predicted molar refractivity (Wildman–Crippen MR) is 110 cm³/mol. The largest absolute Gasteiger partial charge is 0.349 e. The second-order valence-electron chi connectivity index (χ2n) is 8.11. The van der Waals surface area contributed by atoms with Gasteiger partial charge in [0.15, 0.2) is 5.65 Å². The molecule has 1 atom stereocenters. The van der Waals surface area contributed by atoms with Gasteiger partial charge in [0, 0.05) is 23.9 Å². The van der Waals surface area contributed by atoms with Crippen LogP contribution in [0, 0.1) is 33.6 Å². The highest BCUT2D eigenvalue weighted by atomic mass is 16.1. The molecule has 1 saturated carbocycles. The number of carbonyl (C=O) groups is 1. The second kappa shape index (κ2) is 7.38. The summed E-state index contributed by atoms with van der Waals surface area (Å²) in [4.78, 5) is 17.4. The Balaban J connectivity index is 1.46. The highest BCUT2D eigenvalue weighted by Gasteiger charge is 2.33. The number of hydrogen-bond donors (Lipinski definition) is 1. The van der Waals surface area contributed by atoms with E-state index >= 15 is 0 Å². The molecule has 5 heteroatoms. The van der Waals surface area contributed by atoms with Crippen LogP contribution >= 0.6 is 0 Å². The lowest BCUT2D eigenvalue weighted by Gasteiger charge is -2.19. The molecule has 28 heavy (non-hydrogen) atoms. The van der Waals surface area contributed by atoms with Crippen LogP contribution < -0.4 is 5.32 Å². The normalized spacial score (nSPS) is 15.0. The number of nitrogens with zero attached hydrogens (tertiary/aromatic N) is 3. The molecule has 1 aromatic carbocycles. The van der Waals surface area contributed by atoms with Crippen LogP contribution in [0.4, 0.5) is 0 Å². The maximum Gasteiger partial charge on any atom is 0.220 e. The highest BCUT2D eigenvalue weighted by molar-refractivity contribution is 5.77. The van der Waals surface area contributed by atoms with Gasteiger partial charge in [0.25, 0.3) is 0 Å². The molecule has 1 aliphatic carbocycles. The van der Waals surface area contributed by atoms with Crippen molar-refractivity contribution in [3.05, 3.63) is 64.1 Å². The second-order valence-corrected chi connectivity index (χ2v) is 8.11. The van der Waals surface area contributed by atoms with Crippen LogP contribution in [-0.4, -0.2) is 20.5 Å². The van der Waals surface area contributed by atoms with Crippen LogP contribution in [0.25, 0.3) is 5.65 Å². The molecule has 4 rings (SSSR count). The van der Waals surface area contributed by atoms with Crippen molar-refractivity contribution < 1.29 is 4.79 Å². The SMILES string of the molecule is Cc1ccc(C(NC(=O)CCc2c(C)nc3cc(C)nn3c2C)C2CC2)cc1. The van der Waals surface area contributed by atoms with Crippen LogP contribution in [0.1, 0.15) is 59.1 Å². The first kappa shape index (κ1) is 18.7. The number of carbonyl (C=O) groups excluding carboxylic acids is 1. The molecule has 0 bridgehead atoms. The summed E-state index contributed by atoms with van der Waals surface area (Å²) in [6, 6.07) is 10.6. The third-order valence-electron chi connectivity index (χ3n) is 5.73. The quantitative estimate of drug-likeness (QED) is 0.703. The predicted octanol–water partition coefficient (Wildman–Crippen LogP) is 4.16. The van der Waals surface area contributed by atoms with Crippen molar-refractivity contribution >= 4 is 11.6 Å². The van der Waals surface area contributed by atoms with Crippen molar-refractivity contribution in [2.45, 2.75) is 59.4 Å². The zero-order valence-corrected chi connectivity index (χ0v) is 17.1. The van der Waals surface area contributed by atoms with Gasteiger partial charge in [0.05, 0.1) is 11.7 Å². The summed E-state index contributed by atoms with van der Waals surface area (Å²) in [6.45, 7) is 8.13. The smallest absolute Gasteiger partial charge is 0.220 e. The van der Waals surface area contributed by atoms with E-state index in [1.54, 1.807) is 0 Å². The van der Waals surface area contributed by atoms with E-state index in [0.29, 0.717) is 18.8 Å². The third-order valence-corrected chi connectivity index (χ3v) is 5.73. The molecule has 0 aliphatic heterocycles. The van der Waals surface area contributed by atoms with Crippen molar-refractivity contribution in [1.29, 1.82) is 0 Å². The molecule has 1 fully saturated rings. The number of fused-ring (bicyclic) bond motifs is 1. The van der Waals surface area contributed by atoms with Gasteiger partial charge in [0.1, 0.15) is 0 Å². The fourth-order valence-corrected chi connectivity index (χ4v) is 3.96. The van der Waals surface area contributed by atoms with Crippen molar-refractivity contribution in [2.75, 3.05) is 0 Å². The molecule has 0 saturated heterocycles. The lowest BCUT2D eigenvalue weighted by Crippen LogP contribution is -2.30. The van der Waals surface area contributed by atoms with Crippen LogP contribution in [0.3, 0.4) is 0 Å². The number of hydrogen-bond acceptors (Lipinski definition) is 3. The van der Waals surface area contributed by atoms with Gasteiger partial charge in [-0.3, -0.25) is 4.79 Å². The highest BCUT2D eigenvalue weighted by Crippen LogP contribution is 2.41. The number of benzene rings is 1. The van der Waals surface area contributed by atoms with E-state index < -0.39 is 0 Å². The molecule has 146 valence electrons. The first-order valence-corrected chi connectivity index (χ1v) is 10.1. The van der Waals surface area contributed by atoms with Gasteiger partial charge in [-0.2, -0.15) is 5.10 Å². The number of rotatable bonds is 6. The lowest BCUT2D eigenvalue weighted by atomic mass is 10.0. The number of aromatic nitrogens is 3. The summed E-state index contributed by atoms with van der Waals surface area (Å²) in [5, 5.41) is 7.81. The van der Waals surface area contributed by atoms with Gasteiger partial charge in [-0.05, 0) is 64.0 Å². The molecule has 1 amide bonds. The summed E-state index contributed by atoms with van der Waals surface area (Å²) in [7, 11) is 0. The minimum absolute atomic E-state index is 0.105. The van der Waals surface area contributed by atoms with Crippen molar-refractivity contribution in [2.24, 2.45) is 5.92 Å². The third kappa shape index (κ3) is 3.79. The van der Waals surface area contributed by atoms with E-state index in [9.17, 15) is 4.79 Å². The Kier molecular flexibility index (Phi) is 4.92. The maximum absolute atomic E-state index is 12.7. The van der Waals surface area contributed by atoms with E-state index in [1.165, 1.54) is 24.0 Å². The van der Waals surface area contributed by atoms with Crippen LogP contribution in [0.5, 0.6) is 0 Å². The van der Waals surface area contributed by atoms with Crippen LogP contribution in [0.15, 0.2) is 30.3 Å². The molecule has 1 unspecified atom stereocenters. The van der Waals surface area contributed by atoms with E-state index in [4.69, 9.17) is 0 Å². The number of aryl methyl sites for hydroxylation is 4. The summed E-state index contributed by atoms with van der Waals surface area (Å²) in [6.07, 6.45) is 3.52. The number of nitrogens with one attached hydrogen (secondary N) is 1. The fraction of sp³-hybridized carbons (Fsp3) is 0.435. The van der Waals surface area contributed by atoms with Gasteiger partial charge in [-0.25, -0.2) is 9.50 Å². The zero-order chi connectivity index (χ0) is 19.8. The van der Waals surface area contributed by atoms with Gasteiger partial charge >= 0.3 is 0 Å². The molecule has 1 aliphatic rings. The molecule has 0 radical (unpaired) electrons. The minimum Gasteiger partial charge on any atom is -0.349 e. The monoisotopic (exact) mass is 376 g/mol. The zero-order valence-electron chi connectivity index (χ0n) is 17.1. The van der Waals surface area contributed by atoms with Crippen LogP contribution in [-0.2, 0) is 11.2 Å². The molecule has 2 aromatic heterocycles. The van der Waals surface area contributed by atoms with Crippen molar-refractivity contribution in [3.63, 3.8) is 0 Å². The average Bonchev–Trinajstić information content (AvgIpc) is 3.42. The van der Waals surface area contributed by atoms with Gasteiger partial charge in [0.2, 0.25) is 5.91 Å². The lowest BCUT2D eigenvalue weighted by molar-refractivity contribution is -0.122. The Morgan fingerprint density at radius 3 is 2.57 bits per heavy atom. The van der Waals surface area contributed by atoms with Gasteiger partial charge < -0.3 is 5.32 Å². The van der Waals surface area contributed by atoms with E-state index in [0.717, 1.165) is 28.3 Å². The molecular weight excluding hydrogens is 348 g/mol. The van der Waals surface area contributed by atoms with Crippen molar-refractivity contribution in [3.8, 4) is 0 Å². The molecule has 3 aromatic rings. The maximum atomic E-state index is 12.7. The van der Waals surface area contributed by atoms with E-state index in [2.05, 4.69) is 53.5 Å². The molecular formula is C23H28N4O. The summed E-state index contributed by atoms with van der Waals surface area (Å²) >= 11 is 0. The summed E-state index contributed by atoms with van der Waals surface area (Å²) in [5.74, 6) is 0.674. The van der Waals surface area contributed by atoms with Gasteiger partial charge in [-0.1, -0.05) is 29.8 Å². The Hall–Kier alpha value is -2.69. The topological polar surface area (TPSA) is 59.3 Å². The van der Waals surface area contributed by atoms with Gasteiger partial charge in [-0.15, -0.1) is 0 Å². The standard InChI is InChI=1S/C23H28N4O/c1-14-5-7-18(8-6-14)23(19-9-10-19)25-22(28)12-11-20-16(3)24-21-13-15(2)26-27(21)17(20)4/h5-8,13,19,23H,9-12H2,1-4H3,(H,25,28). The minimum atomic E-state index is 0.105. The Morgan fingerprint density at radius 2 is 1.89 bits per heavy atom. The summed E-state index contributed by atoms with van der Waals surface area (Å²) < 4.78 is 1.88. The first-order valence-electron chi connectivity index (χ1n) is 10.1. The average molecular weight is 377 g/mol. The van der Waals surface area contributed by atoms with Crippen LogP contribution in [0.2, 0.25) is 0 Å². The molecule has 1 N–H and O–H groups in total. The number of amides is 1. The Labute approximate surface area is 166 Å². The molecule has 0 spiro atoms. The molecule has 2 heterocycles. The molecule has 5 nitrogen and oxygen atoms in total. The Bertz CT molecular complexity index is 1020. The first-order chi connectivity index (χ1) is 13.4.